The minimum atomic E-state index is -1.67. The van der Waals surface area contributed by atoms with Crippen LogP contribution in [0.5, 0.6) is 0 Å². The molecular weight excluding hydrogens is 337 g/mol. The van der Waals surface area contributed by atoms with E-state index in [9.17, 15) is 9.59 Å². The Bertz CT molecular complexity index is 371. The van der Waals surface area contributed by atoms with Crippen molar-refractivity contribution >= 4 is 65.0 Å². The molecule has 0 spiro atoms. The van der Waals surface area contributed by atoms with Gasteiger partial charge in [0.1, 0.15) is 0 Å². The normalized spacial score (nSPS) is 12.4. The van der Waals surface area contributed by atoms with E-state index in [0.717, 1.165) is 4.31 Å². The van der Waals surface area contributed by atoms with E-state index in [4.69, 9.17) is 34.8 Å². The Morgan fingerprint density at radius 1 is 1.37 bits per heavy atom. The topological polar surface area (TPSA) is 71.0 Å². The number of oxime groups is 1. The molecule has 1 N–H and O–H groups in total. The fourth-order valence-corrected chi connectivity index (χ4v) is 2.29. The number of carbonyl (C=O) groups excluding carboxylic acids is 2. The maximum absolute atomic E-state index is 11.4. The molecule has 0 aromatic carbocycles. The summed E-state index contributed by atoms with van der Waals surface area (Å²) in [5, 5.41) is 6.07. The van der Waals surface area contributed by atoms with Crippen LogP contribution in [0.2, 0.25) is 0 Å². The van der Waals surface area contributed by atoms with Crippen LogP contribution in [0.25, 0.3) is 0 Å². The lowest BCUT2D eigenvalue weighted by atomic mass is 10.1. The summed E-state index contributed by atoms with van der Waals surface area (Å²) in [4.78, 5) is 26.9. The van der Waals surface area contributed by atoms with E-state index in [1.54, 1.807) is 13.8 Å². The average molecular weight is 351 g/mol. The quantitative estimate of drug-likeness (QED) is 0.278. The van der Waals surface area contributed by atoms with Crippen LogP contribution in [0, 0.1) is 0 Å². The lowest BCUT2D eigenvalue weighted by Crippen LogP contribution is -2.43. The van der Waals surface area contributed by atoms with Gasteiger partial charge in [-0.05, 0) is 13.8 Å². The molecule has 0 aliphatic carbocycles. The molecule has 0 unspecified atom stereocenters. The SMILES string of the molecule is CC(=O)NC(C)(C)/C=N/OC(=O)N(C)SC(Cl)(Cl)Cl. The lowest BCUT2D eigenvalue weighted by Gasteiger charge is -2.20. The molecule has 0 aliphatic rings. The molecule has 2 amide bonds. The van der Waals surface area contributed by atoms with Crippen molar-refractivity contribution in [1.29, 1.82) is 0 Å². The van der Waals surface area contributed by atoms with Gasteiger partial charge in [0, 0.05) is 25.9 Å². The minimum Gasteiger partial charge on any atom is -0.346 e. The van der Waals surface area contributed by atoms with Crippen LogP contribution in [0.15, 0.2) is 5.16 Å². The highest BCUT2D eigenvalue weighted by Crippen LogP contribution is 2.40. The molecule has 6 nitrogen and oxygen atoms in total. The van der Waals surface area contributed by atoms with Gasteiger partial charge in [-0.25, -0.2) is 9.10 Å². The standard InChI is InChI=1S/C9H14Cl3N3O3S/c1-6(16)14-8(2,3)5-13-18-7(17)15(4)19-9(10,11)12/h5H,1-4H3,(H,14,16)/b13-5+. The first-order chi connectivity index (χ1) is 8.43. The third kappa shape index (κ3) is 10.1. The largest absolute Gasteiger partial charge is 0.445 e. The maximum atomic E-state index is 11.4. The van der Waals surface area contributed by atoms with Crippen LogP contribution in [-0.4, -0.2) is 38.2 Å². The monoisotopic (exact) mass is 349 g/mol. The first-order valence-corrected chi connectivity index (χ1v) is 6.87. The number of carbonyl (C=O) groups is 2. The minimum absolute atomic E-state index is 0.230. The van der Waals surface area contributed by atoms with Gasteiger partial charge < -0.3 is 5.32 Å². The fraction of sp³-hybridized carbons (Fsp3) is 0.667. The van der Waals surface area contributed by atoms with Gasteiger partial charge in [-0.15, -0.1) is 0 Å². The molecule has 0 saturated heterocycles. The summed E-state index contributed by atoms with van der Waals surface area (Å²) < 4.78 is -0.692. The molecule has 19 heavy (non-hydrogen) atoms. The molecule has 110 valence electrons. The number of alkyl halides is 3. The molecule has 0 bridgehead atoms. The molecule has 0 saturated carbocycles. The molecule has 0 aromatic rings. The Morgan fingerprint density at radius 2 is 1.89 bits per heavy atom. The van der Waals surface area contributed by atoms with Gasteiger partial charge in [0.15, 0.2) is 0 Å². The molecule has 10 heteroatoms. The summed E-state index contributed by atoms with van der Waals surface area (Å²) in [6, 6.07) is 0. The predicted octanol–water partition coefficient (Wildman–Crippen LogP) is 2.93. The van der Waals surface area contributed by atoms with Crippen LogP contribution in [0.1, 0.15) is 20.8 Å². The first-order valence-electron chi connectivity index (χ1n) is 4.97. The van der Waals surface area contributed by atoms with Crippen LogP contribution in [0.4, 0.5) is 4.79 Å². The third-order valence-corrected chi connectivity index (χ3v) is 2.75. The van der Waals surface area contributed by atoms with Crippen molar-refractivity contribution in [2.24, 2.45) is 5.16 Å². The Hall–Kier alpha value is -0.370. The van der Waals surface area contributed by atoms with Gasteiger partial charge in [0.2, 0.25) is 5.91 Å². The predicted molar refractivity (Wildman–Crippen MR) is 78.5 cm³/mol. The molecule has 0 heterocycles. The van der Waals surface area contributed by atoms with Crippen molar-refractivity contribution < 1.29 is 14.4 Å². The third-order valence-electron chi connectivity index (χ3n) is 1.50. The van der Waals surface area contributed by atoms with E-state index in [0.29, 0.717) is 11.9 Å². The lowest BCUT2D eigenvalue weighted by molar-refractivity contribution is -0.119. The van der Waals surface area contributed by atoms with E-state index < -0.39 is 14.8 Å². The van der Waals surface area contributed by atoms with Gasteiger partial charge in [-0.3, -0.25) is 9.63 Å². The molecular formula is C9H14Cl3N3O3S. The smallest absolute Gasteiger partial charge is 0.346 e. The number of hydrogen-bond donors (Lipinski definition) is 1. The zero-order valence-electron chi connectivity index (χ0n) is 10.7. The fourth-order valence-electron chi connectivity index (χ4n) is 0.939. The van der Waals surface area contributed by atoms with Crippen LogP contribution in [-0.2, 0) is 9.63 Å². The second-order valence-electron chi connectivity index (χ2n) is 4.03. The number of nitrogens with one attached hydrogen (secondary N) is 1. The van der Waals surface area contributed by atoms with Crippen LogP contribution >= 0.6 is 46.8 Å². The van der Waals surface area contributed by atoms with Gasteiger partial charge in [0.25, 0.3) is 3.12 Å². The zero-order valence-corrected chi connectivity index (χ0v) is 13.8. The molecule has 0 aromatic heterocycles. The summed E-state index contributed by atoms with van der Waals surface area (Å²) in [7, 11) is 1.36. The van der Waals surface area contributed by atoms with Gasteiger partial charge >= 0.3 is 6.09 Å². The second kappa shape index (κ2) is 7.42. The Morgan fingerprint density at radius 3 is 2.32 bits per heavy atom. The van der Waals surface area contributed by atoms with Crippen LogP contribution in [0.3, 0.4) is 0 Å². The van der Waals surface area contributed by atoms with Gasteiger partial charge in [0.05, 0.1) is 11.8 Å². The summed E-state index contributed by atoms with van der Waals surface area (Å²) >= 11 is 17.1. The van der Waals surface area contributed by atoms with E-state index >= 15 is 0 Å². The van der Waals surface area contributed by atoms with Crippen molar-refractivity contribution in [2.75, 3.05) is 7.05 Å². The average Bonchev–Trinajstić information content (AvgIpc) is 2.11. The Balaban J connectivity index is 4.33. The highest BCUT2D eigenvalue weighted by atomic mass is 35.6. The first kappa shape index (κ1) is 18.6. The van der Waals surface area contributed by atoms with Crippen molar-refractivity contribution in [1.82, 2.24) is 9.62 Å². The van der Waals surface area contributed by atoms with Crippen molar-refractivity contribution in [2.45, 2.75) is 29.4 Å². The summed E-state index contributed by atoms with van der Waals surface area (Å²) in [6.45, 7) is 4.74. The Labute approximate surface area is 130 Å². The summed E-state index contributed by atoms with van der Waals surface area (Å²) in [5.41, 5.74) is -0.743. The molecule has 0 radical (unpaired) electrons. The second-order valence-corrected chi connectivity index (χ2v) is 8.33. The van der Waals surface area contributed by atoms with Gasteiger partial charge in [-0.1, -0.05) is 40.0 Å². The molecule has 0 rings (SSSR count). The zero-order chi connectivity index (χ0) is 15.3. The highest BCUT2D eigenvalue weighted by molar-refractivity contribution is 8.03. The van der Waals surface area contributed by atoms with E-state index in [-0.39, 0.29) is 5.91 Å². The molecule has 0 atom stereocenters. The van der Waals surface area contributed by atoms with Crippen LogP contribution < -0.4 is 5.32 Å². The van der Waals surface area contributed by atoms with E-state index in [1.165, 1.54) is 20.2 Å². The van der Waals surface area contributed by atoms with E-state index in [1.807, 2.05) is 0 Å². The number of rotatable bonds is 4. The highest BCUT2D eigenvalue weighted by Gasteiger charge is 2.27. The van der Waals surface area contributed by atoms with Crippen molar-refractivity contribution in [3.63, 3.8) is 0 Å². The summed E-state index contributed by atoms with van der Waals surface area (Å²) in [5.74, 6) is -0.230. The van der Waals surface area contributed by atoms with Crippen molar-refractivity contribution in [3.05, 3.63) is 0 Å². The van der Waals surface area contributed by atoms with E-state index in [2.05, 4.69) is 15.3 Å². The molecule has 0 fully saturated rings. The molecule has 0 aliphatic heterocycles. The number of hydrogen-bond acceptors (Lipinski definition) is 5. The number of halogens is 3. The summed E-state index contributed by atoms with van der Waals surface area (Å²) in [6.07, 6.45) is 0.464. The number of amides is 2. The maximum Gasteiger partial charge on any atom is 0.445 e. The van der Waals surface area contributed by atoms with Crippen molar-refractivity contribution in [3.8, 4) is 0 Å². The van der Waals surface area contributed by atoms with Gasteiger partial charge in [-0.2, -0.15) is 0 Å². The number of nitrogens with zero attached hydrogens (tertiary/aromatic N) is 2. The Kier molecular flexibility index (Phi) is 7.28.